The number of nitrogens with one attached hydrogen (secondary N) is 2. The summed E-state index contributed by atoms with van der Waals surface area (Å²) in [7, 11) is 0. The van der Waals surface area contributed by atoms with Gasteiger partial charge in [0, 0.05) is 6.07 Å². The molecule has 2 aromatic rings. The average Bonchev–Trinajstić information content (AvgIpc) is 2.48. The maximum Gasteiger partial charge on any atom is 0.262 e. The zero-order valence-electron chi connectivity index (χ0n) is 11.2. The van der Waals surface area contributed by atoms with Gasteiger partial charge in [0.05, 0.1) is 22.0 Å². The number of anilines is 2. The van der Waals surface area contributed by atoms with Crippen molar-refractivity contribution in [2.24, 2.45) is 0 Å². The van der Waals surface area contributed by atoms with Gasteiger partial charge in [0.1, 0.15) is 11.6 Å². The monoisotopic (exact) mass is 320 g/mol. The van der Waals surface area contributed by atoms with Crippen molar-refractivity contribution in [2.75, 3.05) is 17.2 Å². The number of rotatable bonds is 2. The van der Waals surface area contributed by atoms with Crippen LogP contribution in [0.1, 0.15) is 10.4 Å². The minimum atomic E-state index is -0.627. The molecule has 2 amide bonds. The van der Waals surface area contributed by atoms with Gasteiger partial charge in [0.15, 0.2) is 6.61 Å². The van der Waals surface area contributed by atoms with Crippen LogP contribution < -0.4 is 15.4 Å². The van der Waals surface area contributed by atoms with Gasteiger partial charge in [-0.2, -0.15) is 0 Å². The van der Waals surface area contributed by atoms with Crippen molar-refractivity contribution in [3.8, 4) is 5.75 Å². The van der Waals surface area contributed by atoms with E-state index in [2.05, 4.69) is 10.6 Å². The number of benzene rings is 2. The van der Waals surface area contributed by atoms with E-state index in [1.54, 1.807) is 6.07 Å². The highest BCUT2D eigenvalue weighted by molar-refractivity contribution is 6.34. The van der Waals surface area contributed by atoms with Crippen LogP contribution in [-0.4, -0.2) is 18.4 Å². The van der Waals surface area contributed by atoms with Crippen molar-refractivity contribution in [1.82, 2.24) is 0 Å². The molecule has 0 saturated carbocycles. The fraction of sp³-hybridized carbons (Fsp3) is 0.0667. The number of amides is 2. The number of fused-ring (bicyclic) bond motifs is 1. The number of ether oxygens (including phenoxy) is 1. The molecule has 0 unspecified atom stereocenters. The molecule has 0 aliphatic carbocycles. The molecule has 0 saturated heterocycles. The molecule has 1 aliphatic rings. The van der Waals surface area contributed by atoms with E-state index < -0.39 is 11.7 Å². The third-order valence-electron chi connectivity index (χ3n) is 3.07. The summed E-state index contributed by atoms with van der Waals surface area (Å²) >= 11 is 6.06. The molecule has 7 heteroatoms. The second-order valence-electron chi connectivity index (χ2n) is 4.60. The molecule has 1 aliphatic heterocycles. The lowest BCUT2D eigenvalue weighted by Crippen LogP contribution is -2.25. The highest BCUT2D eigenvalue weighted by atomic mass is 35.5. The summed E-state index contributed by atoms with van der Waals surface area (Å²) in [4.78, 5) is 23.3. The third-order valence-corrected chi connectivity index (χ3v) is 3.38. The molecule has 3 rings (SSSR count). The van der Waals surface area contributed by atoms with Crippen molar-refractivity contribution in [3.63, 3.8) is 0 Å². The van der Waals surface area contributed by atoms with Crippen LogP contribution in [0.25, 0.3) is 0 Å². The molecule has 0 spiro atoms. The van der Waals surface area contributed by atoms with E-state index in [4.69, 9.17) is 16.3 Å². The number of hydrogen-bond acceptors (Lipinski definition) is 3. The third kappa shape index (κ3) is 2.73. The Kier molecular flexibility index (Phi) is 3.68. The fourth-order valence-corrected chi connectivity index (χ4v) is 2.24. The van der Waals surface area contributed by atoms with Gasteiger partial charge in [0.25, 0.3) is 11.8 Å². The Balaban J connectivity index is 1.88. The molecule has 112 valence electrons. The average molecular weight is 321 g/mol. The summed E-state index contributed by atoms with van der Waals surface area (Å²) in [5, 5.41) is 5.33. The molecule has 0 atom stereocenters. The number of halogens is 2. The second kappa shape index (κ2) is 5.65. The molecule has 5 nitrogen and oxygen atoms in total. The van der Waals surface area contributed by atoms with Crippen LogP contribution >= 0.6 is 11.6 Å². The van der Waals surface area contributed by atoms with E-state index in [0.717, 1.165) is 0 Å². The first-order valence-corrected chi connectivity index (χ1v) is 6.74. The smallest absolute Gasteiger partial charge is 0.262 e. The first kappa shape index (κ1) is 14.3. The molecule has 22 heavy (non-hydrogen) atoms. The van der Waals surface area contributed by atoms with Gasteiger partial charge >= 0.3 is 0 Å². The second-order valence-corrected chi connectivity index (χ2v) is 5.01. The molecule has 0 aromatic heterocycles. The van der Waals surface area contributed by atoms with Crippen molar-refractivity contribution < 1.29 is 18.7 Å². The maximum absolute atomic E-state index is 13.6. The van der Waals surface area contributed by atoms with Crippen LogP contribution in [0, 0.1) is 5.82 Å². The van der Waals surface area contributed by atoms with Crippen LogP contribution in [0.5, 0.6) is 5.75 Å². The Hall–Kier alpha value is -2.60. The van der Waals surface area contributed by atoms with E-state index in [0.29, 0.717) is 11.4 Å². The minimum Gasteiger partial charge on any atom is -0.482 e. The number of carbonyl (C=O) groups is 2. The van der Waals surface area contributed by atoms with E-state index >= 15 is 0 Å². The normalized spacial score (nSPS) is 12.9. The quantitative estimate of drug-likeness (QED) is 0.893. The Morgan fingerprint density at radius 3 is 2.86 bits per heavy atom. The van der Waals surface area contributed by atoms with Crippen LogP contribution in [0.15, 0.2) is 36.4 Å². The molecule has 2 N–H and O–H groups in total. The Bertz CT molecular complexity index is 779. The van der Waals surface area contributed by atoms with Gasteiger partial charge < -0.3 is 15.4 Å². The minimum absolute atomic E-state index is 0.0921. The molecule has 0 radical (unpaired) electrons. The van der Waals surface area contributed by atoms with Crippen LogP contribution in [0.4, 0.5) is 15.8 Å². The van der Waals surface area contributed by atoms with E-state index in [1.807, 2.05) is 0 Å². The van der Waals surface area contributed by atoms with E-state index in [1.165, 1.54) is 30.3 Å². The highest BCUT2D eigenvalue weighted by Crippen LogP contribution is 2.36. The van der Waals surface area contributed by atoms with Crippen LogP contribution in [0.2, 0.25) is 5.02 Å². The SMILES string of the molecule is O=C1COc2cc(NC(=O)c3ccccc3F)c(Cl)cc2N1. The first-order valence-electron chi connectivity index (χ1n) is 6.36. The van der Waals surface area contributed by atoms with Crippen LogP contribution in [-0.2, 0) is 4.79 Å². The molecular formula is C15H10ClFN2O3. The predicted molar refractivity (Wildman–Crippen MR) is 79.9 cm³/mol. The maximum atomic E-state index is 13.6. The van der Waals surface area contributed by atoms with Crippen molar-refractivity contribution >= 4 is 34.8 Å². The Labute approximate surface area is 130 Å². The topological polar surface area (TPSA) is 67.4 Å². The van der Waals surface area contributed by atoms with Gasteiger partial charge in [0.2, 0.25) is 0 Å². The lowest BCUT2D eigenvalue weighted by molar-refractivity contribution is -0.118. The predicted octanol–water partition coefficient (Wildman–Crippen LogP) is 3.06. The molecule has 0 bridgehead atoms. The summed E-state index contributed by atoms with van der Waals surface area (Å²) in [5.41, 5.74) is 0.598. The lowest BCUT2D eigenvalue weighted by Gasteiger charge is -2.19. The summed E-state index contributed by atoms with van der Waals surface area (Å²) in [6, 6.07) is 8.57. The van der Waals surface area contributed by atoms with Crippen molar-refractivity contribution in [1.29, 1.82) is 0 Å². The van der Waals surface area contributed by atoms with Gasteiger partial charge in [-0.25, -0.2) is 4.39 Å². The Morgan fingerprint density at radius 2 is 2.09 bits per heavy atom. The lowest BCUT2D eigenvalue weighted by atomic mass is 10.2. The zero-order valence-corrected chi connectivity index (χ0v) is 11.9. The highest BCUT2D eigenvalue weighted by Gasteiger charge is 2.20. The van der Waals surface area contributed by atoms with Gasteiger partial charge in [-0.15, -0.1) is 0 Å². The summed E-state index contributed by atoms with van der Waals surface area (Å²) < 4.78 is 18.8. The molecule has 2 aromatic carbocycles. The summed E-state index contributed by atoms with van der Waals surface area (Å²) in [6.45, 7) is -0.116. The molecule has 1 heterocycles. The van der Waals surface area contributed by atoms with Gasteiger partial charge in [-0.3, -0.25) is 9.59 Å². The van der Waals surface area contributed by atoms with Crippen molar-refractivity contribution in [3.05, 3.63) is 52.8 Å². The molecule has 0 fully saturated rings. The fourth-order valence-electron chi connectivity index (χ4n) is 2.03. The number of hydrogen-bond donors (Lipinski definition) is 2. The first-order chi connectivity index (χ1) is 10.5. The van der Waals surface area contributed by atoms with Gasteiger partial charge in [-0.1, -0.05) is 23.7 Å². The van der Waals surface area contributed by atoms with Gasteiger partial charge in [-0.05, 0) is 18.2 Å². The van der Waals surface area contributed by atoms with E-state index in [9.17, 15) is 14.0 Å². The molecular weight excluding hydrogens is 311 g/mol. The zero-order chi connectivity index (χ0) is 15.7. The Morgan fingerprint density at radius 1 is 1.32 bits per heavy atom. The van der Waals surface area contributed by atoms with Crippen LogP contribution in [0.3, 0.4) is 0 Å². The standard InChI is InChI=1S/C15H10ClFN2O3/c16-9-5-12-13(22-7-14(20)18-12)6-11(9)19-15(21)8-3-1-2-4-10(8)17/h1-6H,7H2,(H,18,20)(H,19,21). The summed E-state index contributed by atoms with van der Waals surface area (Å²) in [5.74, 6) is -1.16. The largest absolute Gasteiger partial charge is 0.482 e. The van der Waals surface area contributed by atoms with E-state index in [-0.39, 0.29) is 28.8 Å². The van der Waals surface area contributed by atoms with Crippen molar-refractivity contribution in [2.45, 2.75) is 0 Å². The number of carbonyl (C=O) groups excluding carboxylic acids is 2. The summed E-state index contributed by atoms with van der Waals surface area (Å²) in [6.07, 6.45) is 0.